The molecule has 1 rings (SSSR count). The summed E-state index contributed by atoms with van der Waals surface area (Å²) in [5.41, 5.74) is 5.90. The van der Waals surface area contributed by atoms with Crippen LogP contribution in [0.15, 0.2) is 12.2 Å². The molecular weight excluding hydrogens is 184 g/mol. The monoisotopic (exact) mass is 210 g/mol. The third kappa shape index (κ3) is 4.35. The Bertz CT molecular complexity index is 195. The van der Waals surface area contributed by atoms with Crippen LogP contribution >= 0.6 is 0 Å². The summed E-state index contributed by atoms with van der Waals surface area (Å²) in [6.45, 7) is 11.3. The van der Waals surface area contributed by atoms with Crippen LogP contribution in [0.2, 0.25) is 0 Å². The van der Waals surface area contributed by atoms with E-state index in [0.29, 0.717) is 12.0 Å². The first-order valence-corrected chi connectivity index (χ1v) is 6.11. The number of hydrogen-bond donors (Lipinski definition) is 1. The topological polar surface area (TPSA) is 29.3 Å². The van der Waals surface area contributed by atoms with Gasteiger partial charge in [-0.25, -0.2) is 0 Å². The van der Waals surface area contributed by atoms with Gasteiger partial charge in [0.25, 0.3) is 0 Å². The minimum atomic E-state index is 0.485. The van der Waals surface area contributed by atoms with E-state index in [1.165, 1.54) is 25.9 Å². The van der Waals surface area contributed by atoms with E-state index in [-0.39, 0.29) is 0 Å². The maximum atomic E-state index is 5.42. The second kappa shape index (κ2) is 5.66. The molecule has 0 amide bonds. The summed E-state index contributed by atoms with van der Waals surface area (Å²) in [6.07, 6.45) is 6.94. The first kappa shape index (κ1) is 12.7. The largest absolute Gasteiger partial charge is 0.327 e. The lowest BCUT2D eigenvalue weighted by Crippen LogP contribution is -2.38. The molecule has 2 nitrogen and oxygen atoms in total. The van der Waals surface area contributed by atoms with Crippen molar-refractivity contribution in [2.75, 3.05) is 26.2 Å². The zero-order valence-corrected chi connectivity index (χ0v) is 10.5. The predicted molar refractivity (Wildman–Crippen MR) is 66.8 cm³/mol. The van der Waals surface area contributed by atoms with Gasteiger partial charge in [0.05, 0.1) is 0 Å². The van der Waals surface area contributed by atoms with Gasteiger partial charge in [0.1, 0.15) is 0 Å². The number of likely N-dealkylation sites (tertiary alicyclic amines) is 1. The van der Waals surface area contributed by atoms with Gasteiger partial charge in [-0.3, -0.25) is 4.90 Å². The van der Waals surface area contributed by atoms with E-state index < -0.39 is 0 Å². The highest BCUT2D eigenvalue weighted by Crippen LogP contribution is 2.34. The van der Waals surface area contributed by atoms with E-state index in [0.717, 1.165) is 12.5 Å². The van der Waals surface area contributed by atoms with E-state index in [1.54, 1.807) is 0 Å². The number of nitrogens with two attached hydrogens (primary N) is 1. The second-order valence-corrected chi connectivity index (χ2v) is 5.65. The van der Waals surface area contributed by atoms with Crippen molar-refractivity contribution in [3.63, 3.8) is 0 Å². The minimum Gasteiger partial charge on any atom is -0.327 e. The molecule has 1 aliphatic heterocycles. The minimum absolute atomic E-state index is 0.485. The average Bonchev–Trinajstić information content (AvgIpc) is 2.18. The number of rotatable bonds is 3. The summed E-state index contributed by atoms with van der Waals surface area (Å²) in [6, 6.07) is 0. The van der Waals surface area contributed by atoms with Gasteiger partial charge in [-0.15, -0.1) is 0 Å². The SMILES string of the molecule is CC(C)(C)C1CCN(CC=CCN)CC1. The summed E-state index contributed by atoms with van der Waals surface area (Å²) in [5.74, 6) is 0.896. The molecular formula is C13H26N2. The van der Waals surface area contributed by atoms with Crippen molar-refractivity contribution in [1.29, 1.82) is 0 Å². The lowest BCUT2D eigenvalue weighted by Gasteiger charge is -2.38. The fraction of sp³-hybridized carbons (Fsp3) is 0.846. The van der Waals surface area contributed by atoms with E-state index >= 15 is 0 Å². The third-order valence-electron chi connectivity index (χ3n) is 3.48. The van der Waals surface area contributed by atoms with E-state index in [4.69, 9.17) is 5.73 Å². The zero-order chi connectivity index (χ0) is 11.3. The van der Waals surface area contributed by atoms with Crippen LogP contribution in [0.5, 0.6) is 0 Å². The maximum Gasteiger partial charge on any atom is 0.0163 e. The van der Waals surface area contributed by atoms with Gasteiger partial charge in [0.2, 0.25) is 0 Å². The van der Waals surface area contributed by atoms with Crippen LogP contribution in [0.4, 0.5) is 0 Å². The average molecular weight is 210 g/mol. The fourth-order valence-corrected chi connectivity index (χ4v) is 2.30. The Morgan fingerprint density at radius 3 is 2.27 bits per heavy atom. The number of piperidine rings is 1. The van der Waals surface area contributed by atoms with Gasteiger partial charge < -0.3 is 5.73 Å². The molecule has 1 heterocycles. The van der Waals surface area contributed by atoms with E-state index in [2.05, 4.69) is 37.8 Å². The number of hydrogen-bond acceptors (Lipinski definition) is 2. The van der Waals surface area contributed by atoms with Gasteiger partial charge in [-0.1, -0.05) is 32.9 Å². The maximum absolute atomic E-state index is 5.42. The fourth-order valence-electron chi connectivity index (χ4n) is 2.30. The van der Waals surface area contributed by atoms with Crippen LogP contribution in [-0.4, -0.2) is 31.1 Å². The van der Waals surface area contributed by atoms with Crippen LogP contribution in [0, 0.1) is 11.3 Å². The van der Waals surface area contributed by atoms with E-state index in [1.807, 2.05) is 0 Å². The Hall–Kier alpha value is -0.340. The van der Waals surface area contributed by atoms with Crippen LogP contribution in [0.25, 0.3) is 0 Å². The molecule has 0 radical (unpaired) electrons. The molecule has 0 spiro atoms. The molecule has 2 N–H and O–H groups in total. The summed E-state index contributed by atoms with van der Waals surface area (Å²) in [5, 5.41) is 0. The molecule has 0 aliphatic carbocycles. The van der Waals surface area contributed by atoms with Crippen molar-refractivity contribution >= 4 is 0 Å². The standard InChI is InChI=1S/C13H26N2/c1-13(2,3)12-6-10-15(11-7-12)9-5-4-8-14/h4-5,12H,6-11,14H2,1-3H3. The first-order valence-electron chi connectivity index (χ1n) is 6.11. The quantitative estimate of drug-likeness (QED) is 0.724. The summed E-state index contributed by atoms with van der Waals surface area (Å²) >= 11 is 0. The smallest absolute Gasteiger partial charge is 0.0163 e. The second-order valence-electron chi connectivity index (χ2n) is 5.65. The normalized spacial score (nSPS) is 21.3. The molecule has 88 valence electrons. The highest BCUT2D eigenvalue weighted by Gasteiger charge is 2.28. The van der Waals surface area contributed by atoms with Gasteiger partial charge in [0, 0.05) is 13.1 Å². The van der Waals surface area contributed by atoms with Crippen LogP contribution in [0.1, 0.15) is 33.6 Å². The third-order valence-corrected chi connectivity index (χ3v) is 3.48. The van der Waals surface area contributed by atoms with Crippen molar-refractivity contribution in [2.24, 2.45) is 17.1 Å². The van der Waals surface area contributed by atoms with Crippen LogP contribution in [-0.2, 0) is 0 Å². The molecule has 0 atom stereocenters. The van der Waals surface area contributed by atoms with Crippen LogP contribution < -0.4 is 5.73 Å². The summed E-state index contributed by atoms with van der Waals surface area (Å²) < 4.78 is 0. The summed E-state index contributed by atoms with van der Waals surface area (Å²) in [4.78, 5) is 2.52. The molecule has 0 saturated carbocycles. The van der Waals surface area contributed by atoms with Gasteiger partial charge >= 0.3 is 0 Å². The summed E-state index contributed by atoms with van der Waals surface area (Å²) in [7, 11) is 0. The number of nitrogens with zero attached hydrogens (tertiary/aromatic N) is 1. The molecule has 1 saturated heterocycles. The molecule has 15 heavy (non-hydrogen) atoms. The lowest BCUT2D eigenvalue weighted by molar-refractivity contribution is 0.120. The van der Waals surface area contributed by atoms with Gasteiger partial charge in [-0.05, 0) is 37.3 Å². The predicted octanol–water partition coefficient (Wildman–Crippen LogP) is 2.26. The molecule has 1 aliphatic rings. The van der Waals surface area contributed by atoms with Gasteiger partial charge in [0.15, 0.2) is 0 Å². The first-order chi connectivity index (χ1) is 7.04. The molecule has 0 bridgehead atoms. The van der Waals surface area contributed by atoms with Crippen molar-refractivity contribution in [3.8, 4) is 0 Å². The van der Waals surface area contributed by atoms with Crippen molar-refractivity contribution in [1.82, 2.24) is 4.90 Å². The molecule has 0 aromatic rings. The van der Waals surface area contributed by atoms with Crippen molar-refractivity contribution < 1.29 is 0 Å². The van der Waals surface area contributed by atoms with Crippen molar-refractivity contribution in [2.45, 2.75) is 33.6 Å². The molecule has 2 heteroatoms. The van der Waals surface area contributed by atoms with Crippen LogP contribution in [0.3, 0.4) is 0 Å². The Morgan fingerprint density at radius 1 is 1.20 bits per heavy atom. The molecule has 0 unspecified atom stereocenters. The molecule has 0 aromatic carbocycles. The Morgan fingerprint density at radius 2 is 1.80 bits per heavy atom. The highest BCUT2D eigenvalue weighted by molar-refractivity contribution is 4.88. The Balaban J connectivity index is 2.27. The zero-order valence-electron chi connectivity index (χ0n) is 10.5. The Kier molecular flexibility index (Phi) is 4.81. The molecule has 0 aromatic heterocycles. The molecule has 1 fully saturated rings. The van der Waals surface area contributed by atoms with Crippen molar-refractivity contribution in [3.05, 3.63) is 12.2 Å². The lowest BCUT2D eigenvalue weighted by atomic mass is 9.75. The van der Waals surface area contributed by atoms with E-state index in [9.17, 15) is 0 Å². The van der Waals surface area contributed by atoms with Gasteiger partial charge in [-0.2, -0.15) is 0 Å². The highest BCUT2D eigenvalue weighted by atomic mass is 15.1. The Labute approximate surface area is 94.5 Å².